The Balaban J connectivity index is 2.22. The summed E-state index contributed by atoms with van der Waals surface area (Å²) in [5.41, 5.74) is 16.0. The fourth-order valence-corrected chi connectivity index (χ4v) is 1.68. The molecule has 5 N–H and O–H groups in total. The molecule has 1 aliphatic rings. The van der Waals surface area contributed by atoms with E-state index in [1.807, 2.05) is 24.3 Å². The molecule has 15 heavy (non-hydrogen) atoms. The van der Waals surface area contributed by atoms with Gasteiger partial charge < -0.3 is 5.73 Å². The minimum atomic E-state index is -0.242. The largest absolute Gasteiger partial charge is 0.399 e. The van der Waals surface area contributed by atoms with Gasteiger partial charge in [-0.1, -0.05) is 12.1 Å². The molecule has 1 aromatic rings. The van der Waals surface area contributed by atoms with Gasteiger partial charge >= 0.3 is 0 Å². The lowest BCUT2D eigenvalue weighted by Gasteiger charge is -2.15. The lowest BCUT2D eigenvalue weighted by atomic mass is 9.98. The van der Waals surface area contributed by atoms with Gasteiger partial charge in [-0.25, -0.2) is 10.9 Å². The van der Waals surface area contributed by atoms with Crippen LogP contribution in [0, 0.1) is 0 Å². The van der Waals surface area contributed by atoms with Crippen LogP contribution in [-0.2, 0) is 4.79 Å². The summed E-state index contributed by atoms with van der Waals surface area (Å²) in [6, 6.07) is 7.19. The van der Waals surface area contributed by atoms with Gasteiger partial charge in [0.05, 0.1) is 6.04 Å². The number of benzene rings is 1. The Morgan fingerprint density at radius 1 is 1.27 bits per heavy atom. The lowest BCUT2D eigenvalue weighted by molar-refractivity contribution is -0.119. The maximum Gasteiger partial charge on any atom is 0.150 e. The van der Waals surface area contributed by atoms with E-state index in [0.29, 0.717) is 0 Å². The highest BCUT2D eigenvalue weighted by Crippen LogP contribution is 2.20. The molecule has 0 saturated carbocycles. The number of nitrogens with two attached hydrogens (primary N) is 1. The molecule has 1 saturated heterocycles. The van der Waals surface area contributed by atoms with Crippen LogP contribution in [0.4, 0.5) is 5.69 Å². The zero-order valence-electron chi connectivity index (χ0n) is 8.45. The van der Waals surface area contributed by atoms with Gasteiger partial charge in [-0.3, -0.25) is 4.79 Å². The van der Waals surface area contributed by atoms with E-state index in [2.05, 4.69) is 16.4 Å². The van der Waals surface area contributed by atoms with Crippen molar-refractivity contribution in [1.29, 1.82) is 0 Å². The van der Waals surface area contributed by atoms with E-state index in [9.17, 15) is 4.79 Å². The minimum Gasteiger partial charge on any atom is -0.399 e. The van der Waals surface area contributed by atoms with E-state index in [1.54, 1.807) is 6.92 Å². The molecule has 80 valence electrons. The van der Waals surface area contributed by atoms with Gasteiger partial charge in [0, 0.05) is 5.69 Å². The van der Waals surface area contributed by atoms with Crippen molar-refractivity contribution >= 4 is 11.5 Å². The monoisotopic (exact) mass is 206 g/mol. The molecule has 1 aromatic carbocycles. The number of anilines is 1. The number of hydrogen-bond acceptors (Lipinski definition) is 5. The summed E-state index contributed by atoms with van der Waals surface area (Å²) in [4.78, 5) is 11.3. The van der Waals surface area contributed by atoms with Crippen molar-refractivity contribution in [2.45, 2.75) is 19.0 Å². The molecule has 1 fully saturated rings. The molecule has 0 spiro atoms. The number of hydrogen-bond donors (Lipinski definition) is 4. The molecule has 5 heteroatoms. The third kappa shape index (κ3) is 1.99. The molecular weight excluding hydrogens is 192 g/mol. The fourth-order valence-electron chi connectivity index (χ4n) is 1.68. The van der Waals surface area contributed by atoms with Crippen molar-refractivity contribution in [2.75, 3.05) is 5.73 Å². The number of Topliss-reactive ketones (excluding diaryl/α,β-unsaturated/α-hetero) is 1. The highest BCUT2D eigenvalue weighted by molar-refractivity contribution is 5.82. The number of nitrogen functional groups attached to an aromatic ring is 1. The molecule has 0 amide bonds. The third-order valence-corrected chi connectivity index (χ3v) is 2.52. The third-order valence-electron chi connectivity index (χ3n) is 2.52. The maximum absolute atomic E-state index is 11.3. The second kappa shape index (κ2) is 3.98. The van der Waals surface area contributed by atoms with Gasteiger partial charge in [-0.15, -0.1) is 0 Å². The molecule has 0 radical (unpaired) electrons. The number of nitrogens with one attached hydrogen (secondary N) is 3. The van der Waals surface area contributed by atoms with Crippen LogP contribution in [0.25, 0.3) is 0 Å². The lowest BCUT2D eigenvalue weighted by Crippen LogP contribution is -2.37. The fraction of sp³-hybridized carbons (Fsp3) is 0.300. The number of rotatable bonds is 2. The summed E-state index contributed by atoms with van der Waals surface area (Å²) >= 11 is 0. The van der Waals surface area contributed by atoms with Gasteiger partial charge in [-0.05, 0) is 24.6 Å². The van der Waals surface area contributed by atoms with Crippen LogP contribution in [0.3, 0.4) is 0 Å². The van der Waals surface area contributed by atoms with Gasteiger partial charge in [0.15, 0.2) is 0 Å². The number of carbonyl (C=O) groups is 1. The molecule has 0 bridgehead atoms. The van der Waals surface area contributed by atoms with E-state index in [4.69, 9.17) is 5.73 Å². The van der Waals surface area contributed by atoms with E-state index >= 15 is 0 Å². The Hall–Kier alpha value is -1.43. The van der Waals surface area contributed by atoms with Crippen molar-refractivity contribution in [2.24, 2.45) is 0 Å². The first-order chi connectivity index (χ1) is 7.18. The normalized spacial score (nSPS) is 25.4. The molecule has 2 unspecified atom stereocenters. The molecular formula is C10H14N4O. The summed E-state index contributed by atoms with van der Waals surface area (Å²) in [5.74, 6) is 0.0920. The van der Waals surface area contributed by atoms with E-state index in [-0.39, 0.29) is 17.9 Å². The Kier molecular flexibility index (Phi) is 2.68. The van der Waals surface area contributed by atoms with Crippen LogP contribution in [0.2, 0.25) is 0 Å². The number of hydrazine groups is 2. The SMILES string of the molecule is CC(=O)C1NNNC1c1ccc(N)cc1. The Morgan fingerprint density at radius 3 is 2.53 bits per heavy atom. The Bertz CT molecular complexity index is 362. The molecule has 2 atom stereocenters. The highest BCUT2D eigenvalue weighted by atomic mass is 16.1. The van der Waals surface area contributed by atoms with Crippen molar-refractivity contribution in [3.05, 3.63) is 29.8 Å². The summed E-state index contributed by atoms with van der Waals surface area (Å²) < 4.78 is 0. The van der Waals surface area contributed by atoms with Crippen molar-refractivity contribution in [1.82, 2.24) is 16.4 Å². The predicted molar refractivity (Wildman–Crippen MR) is 57.5 cm³/mol. The second-order valence-electron chi connectivity index (χ2n) is 3.65. The van der Waals surface area contributed by atoms with Crippen LogP contribution in [-0.4, -0.2) is 11.8 Å². The topological polar surface area (TPSA) is 79.2 Å². The zero-order chi connectivity index (χ0) is 10.8. The molecule has 2 rings (SSSR count). The molecule has 5 nitrogen and oxygen atoms in total. The summed E-state index contributed by atoms with van der Waals surface area (Å²) in [5, 5.41) is 0. The van der Waals surface area contributed by atoms with Gasteiger partial charge in [-0.2, -0.15) is 5.53 Å². The molecule has 0 aromatic heterocycles. The quantitative estimate of drug-likeness (QED) is 0.507. The standard InChI is InChI=1S/C10H14N4O/c1-6(15)9-10(13-14-12-9)7-2-4-8(11)5-3-7/h2-5,9-10,12-14H,11H2,1H3. The Labute approximate surface area is 88.0 Å². The minimum absolute atomic E-state index is 0.0527. The highest BCUT2D eigenvalue weighted by Gasteiger charge is 2.31. The Morgan fingerprint density at radius 2 is 1.93 bits per heavy atom. The second-order valence-corrected chi connectivity index (χ2v) is 3.65. The van der Waals surface area contributed by atoms with Crippen LogP contribution in [0.15, 0.2) is 24.3 Å². The van der Waals surface area contributed by atoms with Crippen molar-refractivity contribution < 1.29 is 4.79 Å². The molecule has 1 aliphatic heterocycles. The maximum atomic E-state index is 11.3. The van der Waals surface area contributed by atoms with Crippen LogP contribution >= 0.6 is 0 Å². The number of ketones is 1. The average Bonchev–Trinajstić information content (AvgIpc) is 2.67. The molecule has 0 aliphatic carbocycles. The molecule has 1 heterocycles. The van der Waals surface area contributed by atoms with Gasteiger partial charge in [0.25, 0.3) is 0 Å². The summed E-state index contributed by atoms with van der Waals surface area (Å²) in [7, 11) is 0. The van der Waals surface area contributed by atoms with Gasteiger partial charge in [0.1, 0.15) is 11.8 Å². The van der Waals surface area contributed by atoms with Crippen LogP contribution in [0.5, 0.6) is 0 Å². The van der Waals surface area contributed by atoms with Crippen LogP contribution in [0.1, 0.15) is 18.5 Å². The zero-order valence-corrected chi connectivity index (χ0v) is 8.45. The first-order valence-corrected chi connectivity index (χ1v) is 4.80. The first-order valence-electron chi connectivity index (χ1n) is 4.80. The van der Waals surface area contributed by atoms with Crippen LogP contribution < -0.4 is 22.1 Å². The number of carbonyl (C=O) groups excluding carboxylic acids is 1. The van der Waals surface area contributed by atoms with E-state index in [1.165, 1.54) is 0 Å². The van der Waals surface area contributed by atoms with Gasteiger partial charge in [0.2, 0.25) is 0 Å². The van der Waals surface area contributed by atoms with Crippen molar-refractivity contribution in [3.8, 4) is 0 Å². The predicted octanol–water partition coefficient (Wildman–Crippen LogP) is -0.120. The van der Waals surface area contributed by atoms with E-state index in [0.717, 1.165) is 11.3 Å². The summed E-state index contributed by atoms with van der Waals surface area (Å²) in [6.45, 7) is 1.57. The first kappa shape index (κ1) is 10.1. The van der Waals surface area contributed by atoms with E-state index < -0.39 is 0 Å². The smallest absolute Gasteiger partial charge is 0.150 e. The summed E-state index contributed by atoms with van der Waals surface area (Å²) in [6.07, 6.45) is 0. The average molecular weight is 206 g/mol. The van der Waals surface area contributed by atoms with Crippen molar-refractivity contribution in [3.63, 3.8) is 0 Å².